The lowest BCUT2D eigenvalue weighted by Crippen LogP contribution is -2.17. The molecule has 0 saturated carbocycles. The summed E-state index contributed by atoms with van der Waals surface area (Å²) >= 11 is 3.28. The molecule has 0 amide bonds. The molecule has 4 rings (SSSR count). The van der Waals surface area contributed by atoms with Gasteiger partial charge in [-0.1, -0.05) is 63.2 Å². The second-order valence-corrected chi connectivity index (χ2v) is 11.9. The standard InChI is InChI=1S/C26H28BrN5O4S/c1-26(2,3)19-10-12-21(13-11-19)37(33,34)31-23-22(18-8-6-5-7-9-18)24(30-32(23)4)35-14-15-36-25-28-16-20(27)17-29-25/h5-13,16-17,31H,14-15H2,1-4H3. The molecule has 11 heteroatoms. The molecule has 0 saturated heterocycles. The van der Waals surface area contributed by atoms with E-state index in [0.29, 0.717) is 11.4 Å². The molecule has 0 spiro atoms. The molecule has 2 heterocycles. The van der Waals surface area contributed by atoms with Crippen LogP contribution in [-0.4, -0.2) is 41.4 Å². The lowest BCUT2D eigenvalue weighted by molar-refractivity contribution is 0.201. The van der Waals surface area contributed by atoms with E-state index in [4.69, 9.17) is 9.47 Å². The molecule has 194 valence electrons. The average molecular weight is 587 g/mol. The van der Waals surface area contributed by atoms with Crippen LogP contribution in [0.1, 0.15) is 26.3 Å². The number of nitrogens with one attached hydrogen (secondary N) is 1. The normalized spacial score (nSPS) is 11.8. The number of hydrogen-bond donors (Lipinski definition) is 1. The number of rotatable bonds is 9. The molecule has 0 bridgehead atoms. The maximum absolute atomic E-state index is 13.3. The number of nitrogens with zero attached hydrogens (tertiary/aromatic N) is 4. The summed E-state index contributed by atoms with van der Waals surface area (Å²) in [6.45, 7) is 6.56. The molecule has 1 N–H and O–H groups in total. The predicted octanol–water partition coefficient (Wildman–Crippen LogP) is 5.20. The van der Waals surface area contributed by atoms with Crippen LogP contribution in [0.15, 0.2) is 76.4 Å². The number of ether oxygens (including phenoxy) is 2. The van der Waals surface area contributed by atoms with Crippen molar-refractivity contribution in [1.82, 2.24) is 19.7 Å². The number of anilines is 1. The van der Waals surface area contributed by atoms with Gasteiger partial charge in [0.15, 0.2) is 0 Å². The lowest BCUT2D eigenvalue weighted by Gasteiger charge is -2.19. The van der Waals surface area contributed by atoms with Crippen molar-refractivity contribution < 1.29 is 17.9 Å². The van der Waals surface area contributed by atoms with Crippen LogP contribution in [0.4, 0.5) is 5.82 Å². The third-order valence-electron chi connectivity index (χ3n) is 5.49. The number of benzene rings is 2. The van der Waals surface area contributed by atoms with Gasteiger partial charge in [0.1, 0.15) is 19.0 Å². The SMILES string of the molecule is Cn1nc(OCCOc2ncc(Br)cn2)c(-c2ccccc2)c1NS(=O)(=O)c1ccc(C(C)(C)C)cc1. The van der Waals surface area contributed by atoms with Crippen LogP contribution in [0.5, 0.6) is 11.9 Å². The minimum atomic E-state index is -3.89. The van der Waals surface area contributed by atoms with Crippen molar-refractivity contribution in [3.05, 3.63) is 77.0 Å². The Hall–Kier alpha value is -3.44. The fourth-order valence-corrected chi connectivity index (χ4v) is 4.85. The van der Waals surface area contributed by atoms with Crippen LogP contribution < -0.4 is 14.2 Å². The van der Waals surface area contributed by atoms with Crippen molar-refractivity contribution in [2.45, 2.75) is 31.1 Å². The number of aromatic nitrogens is 4. The molecule has 0 unspecified atom stereocenters. The minimum absolute atomic E-state index is 0.0856. The molecule has 2 aromatic carbocycles. The lowest BCUT2D eigenvalue weighted by atomic mass is 9.87. The van der Waals surface area contributed by atoms with Gasteiger partial charge in [-0.3, -0.25) is 4.72 Å². The topological polar surface area (TPSA) is 108 Å². The van der Waals surface area contributed by atoms with Gasteiger partial charge in [0.05, 0.1) is 14.9 Å². The number of hydrogen-bond acceptors (Lipinski definition) is 7. The highest BCUT2D eigenvalue weighted by atomic mass is 79.9. The largest absolute Gasteiger partial charge is 0.472 e. The minimum Gasteiger partial charge on any atom is -0.472 e. The molecule has 0 atom stereocenters. The fourth-order valence-electron chi connectivity index (χ4n) is 3.55. The van der Waals surface area contributed by atoms with Gasteiger partial charge in [-0.25, -0.2) is 23.1 Å². The van der Waals surface area contributed by atoms with Gasteiger partial charge in [-0.2, -0.15) is 0 Å². The van der Waals surface area contributed by atoms with E-state index in [9.17, 15) is 8.42 Å². The van der Waals surface area contributed by atoms with Crippen LogP contribution in [0.2, 0.25) is 0 Å². The summed E-state index contributed by atoms with van der Waals surface area (Å²) in [7, 11) is -2.23. The first-order valence-corrected chi connectivity index (χ1v) is 13.8. The predicted molar refractivity (Wildman–Crippen MR) is 145 cm³/mol. The van der Waals surface area contributed by atoms with Gasteiger partial charge in [0, 0.05) is 19.4 Å². The Kier molecular flexibility index (Phi) is 7.84. The van der Waals surface area contributed by atoms with Crippen LogP contribution in [0.25, 0.3) is 11.1 Å². The highest BCUT2D eigenvalue weighted by Crippen LogP contribution is 2.37. The molecule has 4 aromatic rings. The number of aryl methyl sites for hydroxylation is 1. The van der Waals surface area contributed by atoms with E-state index in [0.717, 1.165) is 15.6 Å². The highest BCUT2D eigenvalue weighted by Gasteiger charge is 2.25. The molecular formula is C26H28BrN5O4S. The number of sulfonamides is 1. The Balaban J connectivity index is 1.58. The van der Waals surface area contributed by atoms with Gasteiger partial charge in [0.25, 0.3) is 10.0 Å². The zero-order valence-electron chi connectivity index (χ0n) is 21.0. The van der Waals surface area contributed by atoms with Crippen LogP contribution >= 0.6 is 15.9 Å². The summed E-state index contributed by atoms with van der Waals surface area (Å²) in [6, 6.07) is 16.5. The highest BCUT2D eigenvalue weighted by molar-refractivity contribution is 9.10. The van der Waals surface area contributed by atoms with Crippen molar-refractivity contribution >= 4 is 31.8 Å². The first-order chi connectivity index (χ1) is 17.5. The van der Waals surface area contributed by atoms with Gasteiger partial charge >= 0.3 is 6.01 Å². The second-order valence-electron chi connectivity index (χ2n) is 9.28. The first-order valence-electron chi connectivity index (χ1n) is 11.5. The Morgan fingerprint density at radius 2 is 1.57 bits per heavy atom. The Bertz CT molecular complexity index is 1450. The molecule has 0 aliphatic rings. The summed E-state index contributed by atoms with van der Waals surface area (Å²) in [6.07, 6.45) is 3.18. The summed E-state index contributed by atoms with van der Waals surface area (Å²) in [5.41, 5.74) is 2.24. The summed E-state index contributed by atoms with van der Waals surface area (Å²) in [5.74, 6) is 0.563. The molecule has 9 nitrogen and oxygen atoms in total. The smallest absolute Gasteiger partial charge is 0.316 e. The van der Waals surface area contributed by atoms with Crippen molar-refractivity contribution in [3.8, 4) is 23.0 Å². The maximum Gasteiger partial charge on any atom is 0.316 e. The summed E-state index contributed by atoms with van der Waals surface area (Å²) in [5, 5.41) is 4.44. The Morgan fingerprint density at radius 1 is 0.946 bits per heavy atom. The summed E-state index contributed by atoms with van der Waals surface area (Å²) < 4.78 is 43.0. The van der Waals surface area contributed by atoms with Crippen molar-refractivity contribution in [1.29, 1.82) is 0 Å². The molecule has 0 radical (unpaired) electrons. The van der Waals surface area contributed by atoms with E-state index in [1.54, 1.807) is 31.6 Å². The molecule has 0 fully saturated rings. The van der Waals surface area contributed by atoms with Gasteiger partial charge in [0.2, 0.25) is 5.88 Å². The monoisotopic (exact) mass is 585 g/mol. The van der Waals surface area contributed by atoms with Crippen molar-refractivity contribution in [2.24, 2.45) is 7.05 Å². The van der Waals surface area contributed by atoms with Gasteiger partial charge in [-0.15, -0.1) is 5.10 Å². The van der Waals surface area contributed by atoms with E-state index in [2.05, 4.69) is 56.5 Å². The molecule has 0 aliphatic carbocycles. The van der Waals surface area contributed by atoms with E-state index < -0.39 is 10.0 Å². The third-order valence-corrected chi connectivity index (χ3v) is 7.25. The summed E-state index contributed by atoms with van der Waals surface area (Å²) in [4.78, 5) is 8.28. The Morgan fingerprint density at radius 3 is 2.19 bits per heavy atom. The fraction of sp³-hybridized carbons (Fsp3) is 0.269. The molecular weight excluding hydrogens is 558 g/mol. The first kappa shape index (κ1) is 26.6. The van der Waals surface area contributed by atoms with E-state index >= 15 is 0 Å². The van der Waals surface area contributed by atoms with E-state index in [1.807, 2.05) is 42.5 Å². The maximum atomic E-state index is 13.3. The molecule has 2 aromatic heterocycles. The number of halogens is 1. The van der Waals surface area contributed by atoms with Gasteiger partial charge in [-0.05, 0) is 44.6 Å². The molecule has 37 heavy (non-hydrogen) atoms. The van der Waals surface area contributed by atoms with Crippen LogP contribution in [-0.2, 0) is 22.5 Å². The average Bonchev–Trinajstić information content (AvgIpc) is 3.17. The van der Waals surface area contributed by atoms with E-state index in [1.165, 1.54) is 4.68 Å². The van der Waals surface area contributed by atoms with E-state index in [-0.39, 0.29) is 35.4 Å². The molecule has 0 aliphatic heterocycles. The third kappa shape index (κ3) is 6.47. The van der Waals surface area contributed by atoms with Crippen LogP contribution in [0, 0.1) is 0 Å². The zero-order chi connectivity index (χ0) is 26.6. The van der Waals surface area contributed by atoms with Gasteiger partial charge < -0.3 is 9.47 Å². The van der Waals surface area contributed by atoms with Crippen LogP contribution in [0.3, 0.4) is 0 Å². The van der Waals surface area contributed by atoms with Crippen molar-refractivity contribution in [3.63, 3.8) is 0 Å². The Labute approximate surface area is 225 Å². The quantitative estimate of drug-likeness (QED) is 0.269. The zero-order valence-corrected chi connectivity index (χ0v) is 23.4. The van der Waals surface area contributed by atoms with Crippen molar-refractivity contribution in [2.75, 3.05) is 17.9 Å². The second kappa shape index (κ2) is 10.9.